The molecule has 6 nitrogen and oxygen atoms in total. The van der Waals surface area contributed by atoms with Crippen LogP contribution >= 0.6 is 11.6 Å². The highest BCUT2D eigenvalue weighted by molar-refractivity contribution is 6.33. The van der Waals surface area contributed by atoms with Crippen molar-refractivity contribution in [1.82, 2.24) is 14.8 Å². The number of fused-ring (bicyclic) bond motifs is 3. The molecule has 4 aromatic rings. The van der Waals surface area contributed by atoms with Crippen LogP contribution in [-0.4, -0.2) is 25.8 Å². The zero-order valence-corrected chi connectivity index (χ0v) is 12.9. The van der Waals surface area contributed by atoms with Gasteiger partial charge in [0.1, 0.15) is 0 Å². The Balaban J connectivity index is 1.99. The second kappa shape index (κ2) is 5.21. The minimum atomic E-state index is -1.12. The molecule has 0 spiro atoms. The SMILES string of the molecule is O=C(O)c1ccc(-n2[nH]c3c(cnc4ccccc43)c2=O)cc1Cl. The summed E-state index contributed by atoms with van der Waals surface area (Å²) in [6.07, 6.45) is 1.53. The third-order valence-corrected chi connectivity index (χ3v) is 4.19. The van der Waals surface area contributed by atoms with Crippen molar-refractivity contribution in [1.29, 1.82) is 0 Å². The molecule has 0 aliphatic rings. The third-order valence-electron chi connectivity index (χ3n) is 3.87. The van der Waals surface area contributed by atoms with E-state index in [-0.39, 0.29) is 16.1 Å². The Morgan fingerprint density at radius 3 is 2.71 bits per heavy atom. The molecule has 2 N–H and O–H groups in total. The molecule has 0 amide bonds. The molecule has 0 aliphatic heterocycles. The summed E-state index contributed by atoms with van der Waals surface area (Å²) in [4.78, 5) is 28.0. The van der Waals surface area contributed by atoms with E-state index in [1.165, 1.54) is 29.1 Å². The monoisotopic (exact) mass is 339 g/mol. The number of para-hydroxylation sites is 1. The van der Waals surface area contributed by atoms with Gasteiger partial charge >= 0.3 is 5.97 Å². The Kier molecular flexibility index (Phi) is 3.14. The molecule has 0 saturated heterocycles. The van der Waals surface area contributed by atoms with Gasteiger partial charge in [0.25, 0.3) is 5.56 Å². The number of aromatic nitrogens is 3. The smallest absolute Gasteiger partial charge is 0.337 e. The molecule has 2 aromatic carbocycles. The third kappa shape index (κ3) is 2.08. The lowest BCUT2D eigenvalue weighted by molar-refractivity contribution is 0.0697. The van der Waals surface area contributed by atoms with Gasteiger partial charge in [-0.3, -0.25) is 14.9 Å². The van der Waals surface area contributed by atoms with Crippen molar-refractivity contribution < 1.29 is 9.90 Å². The Morgan fingerprint density at radius 1 is 1.17 bits per heavy atom. The Hall–Kier alpha value is -3.12. The van der Waals surface area contributed by atoms with Crippen molar-refractivity contribution in [3.8, 4) is 5.69 Å². The minimum Gasteiger partial charge on any atom is -0.478 e. The van der Waals surface area contributed by atoms with Crippen LogP contribution in [0.1, 0.15) is 10.4 Å². The summed E-state index contributed by atoms with van der Waals surface area (Å²) in [6.45, 7) is 0. The standard InChI is InChI=1S/C17H10ClN3O3/c18-13-7-9(5-6-10(13)17(23)24)21-16(22)12-8-19-14-4-2-1-3-11(14)15(12)20-21/h1-8,20H,(H,23,24). The fourth-order valence-corrected chi connectivity index (χ4v) is 2.96. The van der Waals surface area contributed by atoms with Gasteiger partial charge in [-0.2, -0.15) is 0 Å². The summed E-state index contributed by atoms with van der Waals surface area (Å²) in [5.74, 6) is -1.12. The van der Waals surface area contributed by atoms with E-state index in [0.29, 0.717) is 16.6 Å². The highest BCUT2D eigenvalue weighted by Gasteiger charge is 2.14. The van der Waals surface area contributed by atoms with Gasteiger partial charge in [0.2, 0.25) is 0 Å². The second-order valence-corrected chi connectivity index (χ2v) is 5.69. The van der Waals surface area contributed by atoms with Crippen LogP contribution < -0.4 is 5.56 Å². The van der Waals surface area contributed by atoms with Crippen LogP contribution in [-0.2, 0) is 0 Å². The summed E-state index contributed by atoms with van der Waals surface area (Å²) >= 11 is 6.00. The quantitative estimate of drug-likeness (QED) is 0.587. The van der Waals surface area contributed by atoms with E-state index in [1.54, 1.807) is 0 Å². The van der Waals surface area contributed by atoms with Gasteiger partial charge < -0.3 is 5.11 Å². The zero-order valence-electron chi connectivity index (χ0n) is 12.2. The Bertz CT molecular complexity index is 1180. The molecule has 7 heteroatoms. The van der Waals surface area contributed by atoms with Crippen molar-refractivity contribution in [3.05, 3.63) is 69.6 Å². The van der Waals surface area contributed by atoms with Gasteiger partial charge in [-0.1, -0.05) is 29.8 Å². The molecule has 24 heavy (non-hydrogen) atoms. The largest absolute Gasteiger partial charge is 0.478 e. The summed E-state index contributed by atoms with van der Waals surface area (Å²) in [5.41, 5.74) is 1.61. The van der Waals surface area contributed by atoms with E-state index in [2.05, 4.69) is 10.1 Å². The summed E-state index contributed by atoms with van der Waals surface area (Å²) < 4.78 is 1.33. The first kappa shape index (κ1) is 14.5. The number of benzene rings is 2. The maximum absolute atomic E-state index is 12.6. The van der Waals surface area contributed by atoms with Gasteiger partial charge in [0.15, 0.2) is 0 Å². The van der Waals surface area contributed by atoms with E-state index in [9.17, 15) is 9.59 Å². The molecule has 0 bridgehead atoms. The average Bonchev–Trinajstić information content (AvgIpc) is 2.92. The van der Waals surface area contributed by atoms with Gasteiger partial charge in [0.05, 0.1) is 32.7 Å². The van der Waals surface area contributed by atoms with Crippen molar-refractivity contribution in [2.75, 3.05) is 0 Å². The molecule has 0 saturated carbocycles. The van der Waals surface area contributed by atoms with E-state index < -0.39 is 5.97 Å². The number of halogens is 1. The lowest BCUT2D eigenvalue weighted by atomic mass is 10.2. The summed E-state index contributed by atoms with van der Waals surface area (Å²) in [6, 6.07) is 11.8. The molecule has 2 aromatic heterocycles. The predicted octanol–water partition coefficient (Wildman–Crippen LogP) is 3.22. The Morgan fingerprint density at radius 2 is 1.96 bits per heavy atom. The molecule has 2 heterocycles. The van der Waals surface area contributed by atoms with E-state index in [0.717, 1.165) is 10.9 Å². The number of nitrogens with zero attached hydrogens (tertiary/aromatic N) is 2. The molecule has 0 aliphatic carbocycles. The van der Waals surface area contributed by atoms with Crippen LogP contribution in [0.15, 0.2) is 53.5 Å². The second-order valence-electron chi connectivity index (χ2n) is 5.29. The van der Waals surface area contributed by atoms with Crippen LogP contribution in [0.4, 0.5) is 0 Å². The fourth-order valence-electron chi connectivity index (χ4n) is 2.71. The lowest BCUT2D eigenvalue weighted by Gasteiger charge is -2.04. The molecular weight excluding hydrogens is 330 g/mol. The van der Waals surface area contributed by atoms with E-state index in [4.69, 9.17) is 16.7 Å². The van der Waals surface area contributed by atoms with Crippen molar-refractivity contribution in [2.45, 2.75) is 0 Å². The number of rotatable bonds is 2. The number of nitrogens with one attached hydrogen (secondary N) is 1. The zero-order chi connectivity index (χ0) is 16.8. The van der Waals surface area contributed by atoms with Gasteiger partial charge in [-0.15, -0.1) is 0 Å². The number of carboxylic acids is 1. The maximum atomic E-state index is 12.6. The molecule has 0 atom stereocenters. The topological polar surface area (TPSA) is 88.0 Å². The van der Waals surface area contributed by atoms with Crippen molar-refractivity contribution in [3.63, 3.8) is 0 Å². The minimum absolute atomic E-state index is 0.0170. The highest BCUT2D eigenvalue weighted by atomic mass is 35.5. The summed E-state index contributed by atoms with van der Waals surface area (Å²) in [7, 11) is 0. The van der Waals surface area contributed by atoms with Crippen LogP contribution in [0.5, 0.6) is 0 Å². The maximum Gasteiger partial charge on any atom is 0.337 e. The number of pyridine rings is 1. The number of H-pyrrole nitrogens is 1. The van der Waals surface area contributed by atoms with Gasteiger partial charge in [-0.05, 0) is 24.3 Å². The number of carboxylic acid groups (broad SMARTS) is 1. The number of carbonyl (C=O) groups is 1. The first-order valence-electron chi connectivity index (χ1n) is 7.08. The number of aromatic amines is 1. The van der Waals surface area contributed by atoms with Gasteiger partial charge in [-0.25, -0.2) is 9.48 Å². The molecule has 4 rings (SSSR count). The molecule has 118 valence electrons. The van der Waals surface area contributed by atoms with Crippen LogP contribution in [0.3, 0.4) is 0 Å². The van der Waals surface area contributed by atoms with Crippen LogP contribution in [0.25, 0.3) is 27.5 Å². The molecule has 0 radical (unpaired) electrons. The molecular formula is C17H10ClN3O3. The normalized spacial score (nSPS) is 11.2. The Labute approximate surface area is 139 Å². The predicted molar refractivity (Wildman–Crippen MR) is 91.2 cm³/mol. The van der Waals surface area contributed by atoms with Crippen molar-refractivity contribution >= 4 is 39.4 Å². The lowest BCUT2D eigenvalue weighted by Crippen LogP contribution is -2.14. The first-order valence-corrected chi connectivity index (χ1v) is 7.46. The van der Waals surface area contributed by atoms with Crippen molar-refractivity contribution in [2.24, 2.45) is 0 Å². The number of hydrogen-bond donors (Lipinski definition) is 2. The fraction of sp³-hybridized carbons (Fsp3) is 0. The average molecular weight is 340 g/mol. The van der Waals surface area contributed by atoms with Crippen LogP contribution in [0.2, 0.25) is 5.02 Å². The van der Waals surface area contributed by atoms with E-state index >= 15 is 0 Å². The number of hydrogen-bond acceptors (Lipinski definition) is 3. The first-order chi connectivity index (χ1) is 11.6. The van der Waals surface area contributed by atoms with Crippen LogP contribution in [0, 0.1) is 0 Å². The van der Waals surface area contributed by atoms with E-state index in [1.807, 2.05) is 24.3 Å². The molecule has 0 fully saturated rings. The van der Waals surface area contributed by atoms with Gasteiger partial charge in [0, 0.05) is 11.6 Å². The highest BCUT2D eigenvalue weighted by Crippen LogP contribution is 2.23. The summed E-state index contributed by atoms with van der Waals surface area (Å²) in [5, 5.41) is 13.4. The molecule has 0 unspecified atom stereocenters. The number of aromatic carboxylic acids is 1.